The minimum absolute atomic E-state index is 0.245. The number of thioether (sulfide) groups is 1. The van der Waals surface area contributed by atoms with Crippen LogP contribution in [0.5, 0.6) is 0 Å². The van der Waals surface area contributed by atoms with Crippen molar-refractivity contribution in [2.24, 2.45) is 7.05 Å². The number of imidazole rings is 1. The Morgan fingerprint density at radius 3 is 2.69 bits per heavy atom. The van der Waals surface area contributed by atoms with E-state index in [1.807, 2.05) is 0 Å². The highest BCUT2D eigenvalue weighted by Gasteiger charge is 2.34. The maximum absolute atomic E-state index is 13.8. The van der Waals surface area contributed by atoms with E-state index in [1.54, 1.807) is 48.3 Å². The molecule has 32 heavy (non-hydrogen) atoms. The second-order valence-corrected chi connectivity index (χ2v) is 8.84. The van der Waals surface area contributed by atoms with Crippen LogP contribution in [-0.2, 0) is 23.1 Å². The number of amides is 2. The van der Waals surface area contributed by atoms with Gasteiger partial charge in [-0.05, 0) is 41.8 Å². The summed E-state index contributed by atoms with van der Waals surface area (Å²) >= 11 is 1.39. The van der Waals surface area contributed by atoms with Crippen molar-refractivity contribution >= 4 is 23.6 Å². The molecule has 3 atom stereocenters. The van der Waals surface area contributed by atoms with Gasteiger partial charge in [0.25, 0.3) is 0 Å². The van der Waals surface area contributed by atoms with Gasteiger partial charge in [-0.25, -0.2) is 13.8 Å². The van der Waals surface area contributed by atoms with E-state index in [0.717, 1.165) is 5.56 Å². The van der Waals surface area contributed by atoms with Gasteiger partial charge in [0.2, 0.25) is 11.8 Å². The molecule has 9 heteroatoms. The van der Waals surface area contributed by atoms with Crippen LogP contribution in [0.25, 0.3) is 0 Å². The molecule has 2 heterocycles. The van der Waals surface area contributed by atoms with Crippen molar-refractivity contribution in [1.82, 2.24) is 20.2 Å². The Hall–Kier alpha value is -3.20. The van der Waals surface area contributed by atoms with Crippen LogP contribution in [0.2, 0.25) is 0 Å². The van der Waals surface area contributed by atoms with Gasteiger partial charge in [-0.15, -0.1) is 11.8 Å². The van der Waals surface area contributed by atoms with Crippen molar-refractivity contribution in [2.45, 2.75) is 23.8 Å². The molecule has 1 aromatic heterocycles. The van der Waals surface area contributed by atoms with Crippen LogP contribution < -0.4 is 10.6 Å². The fourth-order valence-electron chi connectivity index (χ4n) is 3.60. The topological polar surface area (TPSA) is 76.0 Å². The molecule has 2 amide bonds. The van der Waals surface area contributed by atoms with Gasteiger partial charge >= 0.3 is 0 Å². The highest BCUT2D eigenvalue weighted by atomic mass is 32.2. The third kappa shape index (κ3) is 4.99. The molecule has 2 N–H and O–H groups in total. The van der Waals surface area contributed by atoms with Gasteiger partial charge in [-0.2, -0.15) is 0 Å². The molecule has 0 bridgehead atoms. The number of aryl methyl sites for hydroxylation is 1. The molecule has 1 aliphatic heterocycles. The van der Waals surface area contributed by atoms with Crippen LogP contribution in [0.3, 0.4) is 0 Å². The van der Waals surface area contributed by atoms with Crippen molar-refractivity contribution < 1.29 is 18.4 Å². The average Bonchev–Trinajstić information content (AvgIpc) is 3.20. The smallest absolute Gasteiger partial charge is 0.244 e. The van der Waals surface area contributed by atoms with E-state index in [4.69, 9.17) is 0 Å². The Labute approximate surface area is 188 Å². The number of hydrogen-bond donors (Lipinski definition) is 2. The third-order valence-corrected chi connectivity index (χ3v) is 6.62. The molecule has 0 spiro atoms. The van der Waals surface area contributed by atoms with Crippen LogP contribution in [0.1, 0.15) is 23.0 Å². The van der Waals surface area contributed by atoms with Crippen molar-refractivity contribution in [1.29, 1.82) is 0 Å². The summed E-state index contributed by atoms with van der Waals surface area (Å²) < 4.78 is 28.7. The first-order valence-corrected chi connectivity index (χ1v) is 11.1. The lowest BCUT2D eigenvalue weighted by Gasteiger charge is -2.29. The lowest BCUT2D eigenvalue weighted by molar-refractivity contribution is -0.129. The van der Waals surface area contributed by atoms with Gasteiger partial charge in [-0.3, -0.25) is 9.59 Å². The minimum atomic E-state index is -0.728. The van der Waals surface area contributed by atoms with Crippen LogP contribution in [0.15, 0.2) is 60.9 Å². The number of carbonyl (C=O) groups is 2. The van der Waals surface area contributed by atoms with Gasteiger partial charge in [0, 0.05) is 25.2 Å². The number of benzene rings is 2. The highest BCUT2D eigenvalue weighted by Crippen LogP contribution is 2.25. The van der Waals surface area contributed by atoms with Crippen LogP contribution >= 0.6 is 11.8 Å². The Morgan fingerprint density at radius 2 is 2.03 bits per heavy atom. The monoisotopic (exact) mass is 456 g/mol. The summed E-state index contributed by atoms with van der Waals surface area (Å²) in [7, 11) is 1.79. The maximum atomic E-state index is 13.8. The number of carbonyl (C=O) groups excluding carboxylic acids is 2. The van der Waals surface area contributed by atoms with Gasteiger partial charge in [-0.1, -0.05) is 24.3 Å². The molecule has 4 rings (SSSR count). The lowest BCUT2D eigenvalue weighted by Crippen LogP contribution is -2.55. The minimum Gasteiger partial charge on any atom is -0.343 e. The molecule has 1 saturated heterocycles. The van der Waals surface area contributed by atoms with E-state index in [2.05, 4.69) is 15.6 Å². The lowest BCUT2D eigenvalue weighted by atomic mass is 10.0. The summed E-state index contributed by atoms with van der Waals surface area (Å²) in [4.78, 5) is 29.9. The number of hydrogen-bond acceptors (Lipinski definition) is 4. The average molecular weight is 457 g/mol. The number of halogens is 2. The highest BCUT2D eigenvalue weighted by molar-refractivity contribution is 8.00. The molecule has 0 saturated carbocycles. The van der Waals surface area contributed by atoms with E-state index in [1.165, 1.54) is 36.0 Å². The predicted octanol–water partition coefficient (Wildman–Crippen LogP) is 2.75. The van der Waals surface area contributed by atoms with E-state index in [-0.39, 0.29) is 22.9 Å². The zero-order valence-electron chi connectivity index (χ0n) is 17.3. The quantitative estimate of drug-likeness (QED) is 0.598. The van der Waals surface area contributed by atoms with Gasteiger partial charge in [0.15, 0.2) is 0 Å². The number of rotatable bonds is 6. The molecule has 2 aromatic carbocycles. The summed E-state index contributed by atoms with van der Waals surface area (Å²) in [6.07, 6.45) is 3.79. The van der Waals surface area contributed by atoms with E-state index >= 15 is 0 Å². The molecular formula is C23H22F2N4O2S. The van der Waals surface area contributed by atoms with Crippen molar-refractivity contribution in [3.05, 3.63) is 89.5 Å². The molecule has 0 radical (unpaired) electrons. The normalized spacial score (nSPS) is 19.3. The Balaban J connectivity index is 1.44. The molecule has 3 aromatic rings. The number of nitrogens with one attached hydrogen (secondary N) is 2. The third-order valence-electron chi connectivity index (χ3n) is 5.31. The number of nitrogens with zero attached hydrogens (tertiary/aromatic N) is 2. The zero-order valence-corrected chi connectivity index (χ0v) is 18.1. The van der Waals surface area contributed by atoms with Crippen LogP contribution in [0, 0.1) is 11.6 Å². The zero-order chi connectivity index (χ0) is 22.7. The van der Waals surface area contributed by atoms with Crippen LogP contribution in [-0.4, -0.2) is 38.4 Å². The first-order chi connectivity index (χ1) is 15.4. The van der Waals surface area contributed by atoms with Gasteiger partial charge in [0.05, 0.1) is 5.25 Å². The maximum Gasteiger partial charge on any atom is 0.244 e. The second kappa shape index (κ2) is 9.52. The SMILES string of the molecule is Cn1ccnc1C(NC(=O)C1CSC(Cc2ccc(F)cc2)C(=O)N1)c1cccc(F)c1. The molecule has 3 unspecified atom stereocenters. The molecular weight excluding hydrogens is 434 g/mol. The summed E-state index contributed by atoms with van der Waals surface area (Å²) in [5.41, 5.74) is 1.40. The Bertz CT molecular complexity index is 1120. The van der Waals surface area contributed by atoms with E-state index in [0.29, 0.717) is 23.6 Å². The summed E-state index contributed by atoms with van der Waals surface area (Å²) in [6.45, 7) is 0. The fraction of sp³-hybridized carbons (Fsp3) is 0.261. The largest absolute Gasteiger partial charge is 0.343 e. The predicted molar refractivity (Wildman–Crippen MR) is 118 cm³/mol. The number of aromatic nitrogens is 2. The van der Waals surface area contributed by atoms with Crippen molar-refractivity contribution in [2.75, 3.05) is 5.75 Å². The summed E-state index contributed by atoms with van der Waals surface area (Å²) in [5, 5.41) is 5.32. The molecule has 6 nitrogen and oxygen atoms in total. The van der Waals surface area contributed by atoms with Crippen LogP contribution in [0.4, 0.5) is 8.78 Å². The molecule has 1 fully saturated rings. The molecule has 0 aliphatic carbocycles. The first-order valence-electron chi connectivity index (χ1n) is 10.1. The fourth-order valence-corrected chi connectivity index (χ4v) is 4.79. The second-order valence-electron chi connectivity index (χ2n) is 7.61. The van der Waals surface area contributed by atoms with Crippen molar-refractivity contribution in [3.8, 4) is 0 Å². The van der Waals surface area contributed by atoms with Gasteiger partial charge in [0.1, 0.15) is 29.5 Å². The molecule has 1 aliphatic rings. The Morgan fingerprint density at radius 1 is 1.25 bits per heavy atom. The van der Waals surface area contributed by atoms with Gasteiger partial charge < -0.3 is 15.2 Å². The molecule has 166 valence electrons. The van der Waals surface area contributed by atoms with E-state index in [9.17, 15) is 18.4 Å². The Kier molecular flexibility index (Phi) is 6.55. The summed E-state index contributed by atoms with van der Waals surface area (Å²) in [5.74, 6) is -0.422. The van der Waals surface area contributed by atoms with Crippen molar-refractivity contribution in [3.63, 3.8) is 0 Å². The van der Waals surface area contributed by atoms with E-state index < -0.39 is 17.9 Å². The standard InChI is InChI=1S/C23H22F2N4O2S/c1-29-10-9-26-21(29)20(15-3-2-4-17(25)12-15)28-22(30)18-13-32-19(23(31)27-18)11-14-5-7-16(24)8-6-14/h2-10,12,18-20H,11,13H2,1H3,(H,27,31)(H,28,30). The first kappa shape index (κ1) is 22.0. The summed E-state index contributed by atoms with van der Waals surface area (Å²) in [6, 6.07) is 10.6.